The number of aryl methyl sites for hydroxylation is 1. The number of hydrogen-bond donors (Lipinski definition) is 2. The molecule has 0 spiro atoms. The Labute approximate surface area is 251 Å². The van der Waals surface area contributed by atoms with Crippen molar-refractivity contribution in [3.63, 3.8) is 0 Å². The van der Waals surface area contributed by atoms with E-state index in [4.69, 9.17) is 9.83 Å². The first-order valence-electron chi connectivity index (χ1n) is 14.4. The predicted molar refractivity (Wildman–Crippen MR) is 164 cm³/mol. The van der Waals surface area contributed by atoms with Gasteiger partial charge in [0.05, 0.1) is 35.5 Å². The number of imidazole rings is 1. The number of rotatable bonds is 12. The summed E-state index contributed by atoms with van der Waals surface area (Å²) in [6.07, 6.45) is 13.2. The summed E-state index contributed by atoms with van der Waals surface area (Å²) in [5, 5.41) is 6.76. The summed E-state index contributed by atoms with van der Waals surface area (Å²) in [5.41, 5.74) is 2.75. The van der Waals surface area contributed by atoms with Gasteiger partial charge in [-0.3, -0.25) is 9.79 Å². The molecule has 0 aromatic carbocycles. The molecule has 11 heteroatoms. The molecular weight excluding hydrogens is 557 g/mol. The zero-order valence-corrected chi connectivity index (χ0v) is 25.3. The van der Waals surface area contributed by atoms with Crippen molar-refractivity contribution < 1.29 is 22.4 Å². The van der Waals surface area contributed by atoms with Gasteiger partial charge in [0, 0.05) is 25.4 Å². The molecule has 1 aliphatic rings. The summed E-state index contributed by atoms with van der Waals surface area (Å²) < 4.78 is 43.7. The van der Waals surface area contributed by atoms with E-state index in [0.29, 0.717) is 36.9 Å². The summed E-state index contributed by atoms with van der Waals surface area (Å²) >= 11 is 0. The molecule has 1 aliphatic heterocycles. The Balaban J connectivity index is 0.000000347. The number of H-pyrrole nitrogens is 1. The molecule has 3 heterocycles. The van der Waals surface area contributed by atoms with Gasteiger partial charge in [-0.2, -0.15) is 13.2 Å². The molecule has 2 aromatic heterocycles. The Morgan fingerprint density at radius 2 is 2.00 bits per heavy atom. The first-order chi connectivity index (χ1) is 20.6. The summed E-state index contributed by atoms with van der Waals surface area (Å²) in [6, 6.07) is 0. The van der Waals surface area contributed by atoms with Gasteiger partial charge in [-0.1, -0.05) is 64.5 Å². The van der Waals surface area contributed by atoms with Gasteiger partial charge in [-0.15, -0.1) is 0 Å². The highest BCUT2D eigenvalue weighted by Gasteiger charge is 2.34. The van der Waals surface area contributed by atoms with Gasteiger partial charge in [-0.25, -0.2) is 9.97 Å². The Morgan fingerprint density at radius 1 is 1.23 bits per heavy atom. The molecule has 0 saturated carbocycles. The molecule has 232 valence electrons. The van der Waals surface area contributed by atoms with E-state index in [1.54, 1.807) is 35.7 Å². The average Bonchev–Trinajstić information content (AvgIpc) is 3.63. The number of aromatic amines is 1. The van der Waals surface area contributed by atoms with Crippen LogP contribution in [0.1, 0.15) is 86.9 Å². The van der Waals surface area contributed by atoms with Crippen LogP contribution in [0.25, 0.3) is 0 Å². The van der Waals surface area contributed by atoms with Crippen molar-refractivity contribution in [3.8, 4) is 0 Å². The summed E-state index contributed by atoms with van der Waals surface area (Å²) in [5.74, 6) is 0.598. The highest BCUT2D eigenvalue weighted by molar-refractivity contribution is 5.99. The molecule has 0 unspecified atom stereocenters. The van der Waals surface area contributed by atoms with Crippen LogP contribution < -0.4 is 0 Å². The number of unbranched alkanes of at least 4 members (excludes halogenated alkanes) is 1. The second-order valence-corrected chi connectivity index (χ2v) is 9.67. The lowest BCUT2D eigenvalue weighted by molar-refractivity contribution is -0.0892. The number of hydrogen-bond acceptors (Lipinski definition) is 6. The van der Waals surface area contributed by atoms with E-state index in [1.807, 2.05) is 13.8 Å². The fraction of sp³-hybridized carbons (Fsp3) is 0.406. The lowest BCUT2D eigenvalue weighted by Crippen LogP contribution is -2.36. The van der Waals surface area contributed by atoms with Crippen molar-refractivity contribution in [2.45, 2.75) is 78.9 Å². The third-order valence-electron chi connectivity index (χ3n) is 6.39. The number of allylic oxidation sites excluding steroid dienone is 8. The zero-order chi connectivity index (χ0) is 31.8. The first kappa shape index (κ1) is 34.9. The van der Waals surface area contributed by atoms with Crippen LogP contribution in [0.15, 0.2) is 76.1 Å². The second-order valence-electron chi connectivity index (χ2n) is 9.67. The van der Waals surface area contributed by atoms with E-state index in [2.05, 4.69) is 33.4 Å². The SMILES string of the molecule is C=C/C=C\N=C(CCC)c1nc(CC)c(C(=O)N2CCc3nc[nH]c3C2)o1.CCC\C=C/C=C(\C(C)=C\C=N)C(F)(F)F. The largest absolute Gasteiger partial charge is 0.429 e. The minimum atomic E-state index is -4.37. The topological polar surface area (TPSA) is 111 Å². The fourth-order valence-electron chi connectivity index (χ4n) is 4.16. The predicted octanol–water partition coefficient (Wildman–Crippen LogP) is 7.87. The van der Waals surface area contributed by atoms with Gasteiger partial charge in [0.25, 0.3) is 5.91 Å². The van der Waals surface area contributed by atoms with E-state index >= 15 is 0 Å². The molecular formula is C32H41F3N6O2. The Bertz CT molecular complexity index is 1380. The maximum atomic E-state index is 13.1. The maximum absolute atomic E-state index is 13.1. The standard InChI is InChI=1S/C20H25N5O2.C12H16F3N/c1-4-7-10-21-16(8-5-2)19-24-14(6-3)18(27-19)20(26)25-11-9-15-17(12-25)23-13-22-15;1-3-4-5-6-7-11(12(13,14)15)10(2)8-9-16/h4,7,10,13H,1,5-6,8-9,11-12H2,2-3H3,(H,22,23);5-9,16H,3-4H2,1-2H3/b10-7-,21-16?;6-5-,10-8+,11-7+,16-9?. The van der Waals surface area contributed by atoms with Crippen molar-refractivity contribution in [1.82, 2.24) is 19.9 Å². The molecule has 2 N–H and O–H groups in total. The normalized spacial score (nSPS) is 14.6. The Kier molecular flexibility index (Phi) is 14.3. The van der Waals surface area contributed by atoms with Crippen LogP contribution in [-0.4, -0.2) is 50.4 Å². The van der Waals surface area contributed by atoms with Crippen LogP contribution >= 0.6 is 0 Å². The van der Waals surface area contributed by atoms with E-state index < -0.39 is 11.7 Å². The third-order valence-corrected chi connectivity index (χ3v) is 6.39. The van der Waals surface area contributed by atoms with Crippen molar-refractivity contribution in [2.24, 2.45) is 4.99 Å². The number of carbonyl (C=O) groups is 1. The van der Waals surface area contributed by atoms with E-state index in [1.165, 1.54) is 13.0 Å². The molecule has 0 radical (unpaired) electrons. The Hall–Kier alpha value is -4.28. The molecule has 8 nitrogen and oxygen atoms in total. The van der Waals surface area contributed by atoms with Crippen molar-refractivity contribution in [2.75, 3.05) is 6.54 Å². The number of aromatic nitrogens is 3. The molecule has 2 aromatic rings. The third kappa shape index (κ3) is 10.5. The number of oxazole rings is 1. The Morgan fingerprint density at radius 3 is 2.63 bits per heavy atom. The maximum Gasteiger partial charge on any atom is 0.416 e. The van der Waals surface area contributed by atoms with E-state index in [9.17, 15) is 18.0 Å². The molecule has 3 rings (SSSR count). The number of amides is 1. The molecule has 43 heavy (non-hydrogen) atoms. The summed E-state index contributed by atoms with van der Waals surface area (Å²) in [7, 11) is 0. The van der Waals surface area contributed by atoms with E-state index in [-0.39, 0.29) is 11.5 Å². The number of aliphatic imine (C=N–C) groups is 1. The average molecular weight is 599 g/mol. The van der Waals surface area contributed by atoms with Crippen molar-refractivity contribution in [1.29, 1.82) is 5.41 Å². The van der Waals surface area contributed by atoms with Crippen LogP contribution in [0.4, 0.5) is 13.2 Å². The van der Waals surface area contributed by atoms with Crippen LogP contribution in [-0.2, 0) is 19.4 Å². The molecule has 1 amide bonds. The number of halogens is 3. The smallest absolute Gasteiger partial charge is 0.416 e. The van der Waals surface area contributed by atoms with Gasteiger partial charge in [0.1, 0.15) is 5.71 Å². The van der Waals surface area contributed by atoms with Gasteiger partial charge < -0.3 is 19.7 Å². The van der Waals surface area contributed by atoms with Crippen LogP contribution in [0.3, 0.4) is 0 Å². The number of fused-ring (bicyclic) bond motifs is 1. The van der Waals surface area contributed by atoms with Crippen LogP contribution in [0.2, 0.25) is 0 Å². The van der Waals surface area contributed by atoms with Gasteiger partial charge >= 0.3 is 6.18 Å². The fourth-order valence-corrected chi connectivity index (χ4v) is 4.16. The highest BCUT2D eigenvalue weighted by atomic mass is 19.4. The molecule has 0 aliphatic carbocycles. The second kappa shape index (κ2) is 17.6. The van der Waals surface area contributed by atoms with Crippen molar-refractivity contribution in [3.05, 3.63) is 95.4 Å². The summed E-state index contributed by atoms with van der Waals surface area (Å²) in [6.45, 7) is 12.1. The molecule has 0 fully saturated rings. The van der Waals surface area contributed by atoms with Crippen LogP contribution in [0, 0.1) is 5.41 Å². The van der Waals surface area contributed by atoms with Gasteiger partial charge in [0.15, 0.2) is 0 Å². The molecule has 0 bridgehead atoms. The zero-order valence-electron chi connectivity index (χ0n) is 25.3. The van der Waals surface area contributed by atoms with Crippen molar-refractivity contribution >= 4 is 17.8 Å². The lowest BCUT2D eigenvalue weighted by atomic mass is 10.1. The number of nitrogens with zero attached hydrogens (tertiary/aromatic N) is 4. The van der Waals surface area contributed by atoms with Crippen LogP contribution in [0.5, 0.6) is 0 Å². The molecule has 0 atom stereocenters. The highest BCUT2D eigenvalue weighted by Crippen LogP contribution is 2.31. The number of alkyl halides is 3. The quantitative estimate of drug-likeness (QED) is 0.191. The minimum absolute atomic E-state index is 0.0450. The minimum Gasteiger partial charge on any atom is -0.429 e. The van der Waals surface area contributed by atoms with Gasteiger partial charge in [0.2, 0.25) is 11.7 Å². The lowest BCUT2D eigenvalue weighted by Gasteiger charge is -2.25. The monoisotopic (exact) mass is 598 g/mol. The summed E-state index contributed by atoms with van der Waals surface area (Å²) in [4.78, 5) is 31.2. The van der Waals surface area contributed by atoms with Gasteiger partial charge in [-0.05, 0) is 43.9 Å². The number of carbonyl (C=O) groups excluding carboxylic acids is 1. The first-order valence-corrected chi connectivity index (χ1v) is 14.4. The van der Waals surface area contributed by atoms with E-state index in [0.717, 1.165) is 67.6 Å². The molecule has 0 saturated heterocycles. The number of nitrogens with one attached hydrogen (secondary N) is 2.